The van der Waals surface area contributed by atoms with Crippen molar-refractivity contribution < 1.29 is 9.53 Å². The quantitative estimate of drug-likeness (QED) is 0.621. The van der Waals surface area contributed by atoms with Gasteiger partial charge in [-0.25, -0.2) is 4.98 Å². The number of carbonyl (C=O) groups excluding carboxylic acids is 1. The summed E-state index contributed by atoms with van der Waals surface area (Å²) < 4.78 is 7.71. The number of hydrogen-bond donors (Lipinski definition) is 0. The van der Waals surface area contributed by atoms with Gasteiger partial charge in [0.15, 0.2) is 0 Å². The number of aryl methyl sites for hydroxylation is 1. The molecule has 1 aliphatic carbocycles. The van der Waals surface area contributed by atoms with Gasteiger partial charge < -0.3 is 9.64 Å². The summed E-state index contributed by atoms with van der Waals surface area (Å²) in [7, 11) is 2.84. The number of ether oxygens (including phenoxy) is 1. The molecule has 3 heterocycles. The van der Waals surface area contributed by atoms with E-state index in [2.05, 4.69) is 30.4 Å². The maximum Gasteiger partial charge on any atom is 0.254 e. The molecule has 0 bridgehead atoms. The van der Waals surface area contributed by atoms with Gasteiger partial charge in [-0.3, -0.25) is 4.79 Å². The van der Waals surface area contributed by atoms with Crippen molar-refractivity contribution in [3.8, 4) is 0 Å². The molecule has 2 aliphatic rings. The molecule has 5 rings (SSSR count). The van der Waals surface area contributed by atoms with Crippen LogP contribution in [0.25, 0.3) is 5.78 Å². The second-order valence-corrected chi connectivity index (χ2v) is 8.50. The van der Waals surface area contributed by atoms with Crippen LogP contribution in [0.3, 0.4) is 0 Å². The Labute approximate surface area is 171 Å². The standard InChI is InChI=1S/C21H24N5O2P/c1-12-9-17(26-21(24-12)22-11-23-26)18-10-25(7-8-28-18)20(27)15-5-6-16(14-3-4-14)19(29)13(15)2/h5-6,9,11,14,18H,3-4,7-8,10,29H2,1-2H3/t18-/m0/s1. The molecular weight excluding hydrogens is 385 g/mol. The highest BCUT2D eigenvalue weighted by molar-refractivity contribution is 7.27. The second kappa shape index (κ2) is 7.15. The van der Waals surface area contributed by atoms with Gasteiger partial charge in [0.05, 0.1) is 18.8 Å². The highest BCUT2D eigenvalue weighted by atomic mass is 31.0. The molecule has 2 fully saturated rings. The Kier molecular flexibility index (Phi) is 4.60. The molecule has 2 aromatic heterocycles. The zero-order chi connectivity index (χ0) is 20.1. The first kappa shape index (κ1) is 18.6. The topological polar surface area (TPSA) is 72.6 Å². The van der Waals surface area contributed by atoms with E-state index in [0.29, 0.717) is 31.4 Å². The molecule has 0 N–H and O–H groups in total. The molecular formula is C21H24N5O2P. The third-order valence-electron chi connectivity index (χ3n) is 5.89. The fraction of sp³-hybridized carbons (Fsp3) is 0.429. The maximum atomic E-state index is 13.3. The molecule has 8 heteroatoms. The summed E-state index contributed by atoms with van der Waals surface area (Å²) in [6, 6.07) is 6.08. The zero-order valence-corrected chi connectivity index (χ0v) is 17.8. The number of hydrogen-bond acceptors (Lipinski definition) is 5. The summed E-state index contributed by atoms with van der Waals surface area (Å²) in [5.41, 5.74) is 4.93. The molecule has 1 aliphatic heterocycles. The van der Waals surface area contributed by atoms with E-state index >= 15 is 0 Å². The minimum atomic E-state index is -0.264. The predicted octanol–water partition coefficient (Wildman–Crippen LogP) is 2.33. The van der Waals surface area contributed by atoms with Crippen LogP contribution in [0.15, 0.2) is 24.5 Å². The Morgan fingerprint density at radius 1 is 1.28 bits per heavy atom. The Morgan fingerprint density at radius 3 is 2.90 bits per heavy atom. The van der Waals surface area contributed by atoms with Crippen molar-refractivity contribution in [1.29, 1.82) is 0 Å². The first-order valence-corrected chi connectivity index (χ1v) is 10.6. The fourth-order valence-corrected chi connectivity index (χ4v) is 4.59. The number of carbonyl (C=O) groups is 1. The summed E-state index contributed by atoms with van der Waals surface area (Å²) >= 11 is 0. The van der Waals surface area contributed by atoms with Crippen LogP contribution < -0.4 is 5.30 Å². The summed E-state index contributed by atoms with van der Waals surface area (Å²) in [4.78, 5) is 23.8. The van der Waals surface area contributed by atoms with Gasteiger partial charge in [0.1, 0.15) is 12.4 Å². The van der Waals surface area contributed by atoms with E-state index in [1.807, 2.05) is 30.9 Å². The van der Waals surface area contributed by atoms with Crippen LogP contribution in [0.4, 0.5) is 0 Å². The van der Waals surface area contributed by atoms with E-state index in [1.54, 1.807) is 4.52 Å². The van der Waals surface area contributed by atoms with Crippen LogP contribution in [0.2, 0.25) is 0 Å². The van der Waals surface area contributed by atoms with Crippen LogP contribution in [-0.2, 0) is 4.74 Å². The number of rotatable bonds is 3. The van der Waals surface area contributed by atoms with Gasteiger partial charge in [0.2, 0.25) is 0 Å². The smallest absolute Gasteiger partial charge is 0.254 e. The summed E-state index contributed by atoms with van der Waals surface area (Å²) in [6.07, 6.45) is 3.73. The van der Waals surface area contributed by atoms with Crippen LogP contribution in [0, 0.1) is 13.8 Å². The number of morpholine rings is 1. The minimum absolute atomic E-state index is 0.0578. The number of nitrogens with zero attached hydrogens (tertiary/aromatic N) is 5. The average molecular weight is 409 g/mol. The van der Waals surface area contributed by atoms with E-state index in [-0.39, 0.29) is 12.0 Å². The summed E-state index contributed by atoms with van der Waals surface area (Å²) in [6.45, 7) is 5.52. The Bertz CT molecular complexity index is 1110. The fourth-order valence-electron chi connectivity index (χ4n) is 4.10. The van der Waals surface area contributed by atoms with Gasteiger partial charge >= 0.3 is 0 Å². The molecule has 3 aromatic rings. The molecule has 7 nitrogen and oxygen atoms in total. The molecule has 0 spiro atoms. The monoisotopic (exact) mass is 409 g/mol. The lowest BCUT2D eigenvalue weighted by atomic mass is 10.0. The van der Waals surface area contributed by atoms with Crippen LogP contribution in [0.5, 0.6) is 0 Å². The van der Waals surface area contributed by atoms with Crippen molar-refractivity contribution in [1.82, 2.24) is 24.5 Å². The van der Waals surface area contributed by atoms with Crippen molar-refractivity contribution in [2.45, 2.75) is 38.7 Å². The molecule has 150 valence electrons. The number of fused-ring (bicyclic) bond motifs is 1. The molecule has 29 heavy (non-hydrogen) atoms. The van der Waals surface area contributed by atoms with E-state index in [0.717, 1.165) is 22.5 Å². The first-order valence-electron chi connectivity index (χ1n) is 10.00. The third kappa shape index (κ3) is 3.32. The van der Waals surface area contributed by atoms with E-state index in [1.165, 1.54) is 30.0 Å². The van der Waals surface area contributed by atoms with Crippen LogP contribution in [-0.4, -0.2) is 50.1 Å². The maximum absolute atomic E-state index is 13.3. The first-order chi connectivity index (χ1) is 14.0. The van der Waals surface area contributed by atoms with Gasteiger partial charge in [-0.1, -0.05) is 6.07 Å². The van der Waals surface area contributed by atoms with Crippen molar-refractivity contribution in [3.05, 3.63) is 52.6 Å². The lowest BCUT2D eigenvalue weighted by Gasteiger charge is -2.33. The van der Waals surface area contributed by atoms with Gasteiger partial charge in [-0.15, -0.1) is 9.24 Å². The average Bonchev–Trinajstić information content (AvgIpc) is 3.46. The van der Waals surface area contributed by atoms with Gasteiger partial charge in [0.25, 0.3) is 11.7 Å². The third-order valence-corrected chi connectivity index (χ3v) is 6.65. The molecule has 1 unspecified atom stereocenters. The summed E-state index contributed by atoms with van der Waals surface area (Å²) in [5.74, 6) is 1.27. The normalized spacial score (nSPS) is 19.7. The Balaban J connectivity index is 1.43. The van der Waals surface area contributed by atoms with E-state index in [4.69, 9.17) is 4.74 Å². The van der Waals surface area contributed by atoms with Crippen LogP contribution >= 0.6 is 9.24 Å². The molecule has 2 atom stereocenters. The largest absolute Gasteiger partial charge is 0.368 e. The minimum Gasteiger partial charge on any atom is -0.368 e. The number of aromatic nitrogens is 4. The SMILES string of the molecule is Cc1cc([C@@H]2CN(C(=O)c3ccc(C4CC4)c(P)c3C)CCO2)n2ncnc2n1. The van der Waals surface area contributed by atoms with Crippen molar-refractivity contribution in [2.24, 2.45) is 0 Å². The van der Waals surface area contributed by atoms with Crippen molar-refractivity contribution >= 4 is 26.2 Å². The molecule has 1 saturated carbocycles. The number of amides is 1. The second-order valence-electron chi connectivity index (χ2n) is 7.92. The molecule has 0 radical (unpaired) electrons. The summed E-state index contributed by atoms with van der Waals surface area (Å²) in [5, 5.41) is 5.46. The van der Waals surface area contributed by atoms with Gasteiger partial charge in [-0.05, 0) is 61.2 Å². The van der Waals surface area contributed by atoms with E-state index in [9.17, 15) is 4.79 Å². The molecule has 1 amide bonds. The van der Waals surface area contributed by atoms with Crippen molar-refractivity contribution in [3.63, 3.8) is 0 Å². The van der Waals surface area contributed by atoms with Crippen molar-refractivity contribution in [2.75, 3.05) is 19.7 Å². The predicted molar refractivity (Wildman–Crippen MR) is 113 cm³/mol. The lowest BCUT2D eigenvalue weighted by molar-refractivity contribution is -0.0257. The number of benzene rings is 1. The Hall–Kier alpha value is -2.37. The highest BCUT2D eigenvalue weighted by Gasteiger charge is 2.31. The zero-order valence-electron chi connectivity index (χ0n) is 16.6. The van der Waals surface area contributed by atoms with E-state index < -0.39 is 0 Å². The van der Waals surface area contributed by atoms with Gasteiger partial charge in [0, 0.05) is 17.8 Å². The molecule has 1 saturated heterocycles. The van der Waals surface area contributed by atoms with Gasteiger partial charge in [-0.2, -0.15) is 14.6 Å². The highest BCUT2D eigenvalue weighted by Crippen LogP contribution is 2.40. The van der Waals surface area contributed by atoms with Crippen LogP contribution in [0.1, 0.15) is 57.7 Å². The molecule has 1 aromatic carbocycles. The lowest BCUT2D eigenvalue weighted by Crippen LogP contribution is -2.43. The Morgan fingerprint density at radius 2 is 2.10 bits per heavy atom.